The third-order valence-electron chi connectivity index (χ3n) is 6.68. The number of hydrogen-bond donors (Lipinski definition) is 3. The van der Waals surface area contributed by atoms with Gasteiger partial charge in [-0.1, -0.05) is 0 Å². The molecular formula is C24H33F3N6O2. The Morgan fingerprint density at radius 1 is 1.14 bits per heavy atom. The number of fused-ring (bicyclic) bond motifs is 1. The highest BCUT2D eigenvalue weighted by molar-refractivity contribution is 5.90. The molecule has 0 aromatic carbocycles. The standard InChI is InChI=1S/C24H33F3N6O2/c1-14-12-19(20(35-14)24(25,26)27)31-23(34)28-13-15-8-10-16(11-9-15)29-22-30-18-7-5-4-6-17(18)21(32-22)33(2)3/h12,15-16H,4-11,13H2,1-3H3,(H2,28,31,34)(H,29,30,32)/t15-,16+. The Morgan fingerprint density at radius 3 is 2.54 bits per heavy atom. The van der Waals surface area contributed by atoms with Gasteiger partial charge in [0.15, 0.2) is 0 Å². The number of nitrogens with one attached hydrogen (secondary N) is 3. The van der Waals surface area contributed by atoms with Gasteiger partial charge in [0.25, 0.3) is 0 Å². The minimum atomic E-state index is -4.67. The van der Waals surface area contributed by atoms with Crippen molar-refractivity contribution in [2.24, 2.45) is 5.92 Å². The van der Waals surface area contributed by atoms with E-state index < -0.39 is 18.0 Å². The van der Waals surface area contributed by atoms with E-state index >= 15 is 0 Å². The van der Waals surface area contributed by atoms with Gasteiger partial charge >= 0.3 is 12.2 Å². The lowest BCUT2D eigenvalue weighted by molar-refractivity contribution is -0.152. The molecule has 8 nitrogen and oxygen atoms in total. The van der Waals surface area contributed by atoms with Crippen molar-refractivity contribution in [2.75, 3.05) is 36.2 Å². The molecule has 0 saturated heterocycles. The van der Waals surface area contributed by atoms with Crippen LogP contribution in [0.1, 0.15) is 61.3 Å². The van der Waals surface area contributed by atoms with Crippen LogP contribution in [0, 0.1) is 12.8 Å². The van der Waals surface area contributed by atoms with Crippen molar-refractivity contribution in [2.45, 2.75) is 70.5 Å². The van der Waals surface area contributed by atoms with Crippen LogP contribution < -0.4 is 20.9 Å². The molecule has 2 heterocycles. The minimum absolute atomic E-state index is 0.0825. The van der Waals surface area contributed by atoms with Gasteiger partial charge in [-0.15, -0.1) is 0 Å². The van der Waals surface area contributed by atoms with Crippen molar-refractivity contribution in [3.63, 3.8) is 0 Å². The Morgan fingerprint density at radius 2 is 1.86 bits per heavy atom. The van der Waals surface area contributed by atoms with Gasteiger partial charge in [0.05, 0.1) is 11.4 Å². The van der Waals surface area contributed by atoms with E-state index in [0.717, 1.165) is 56.5 Å². The van der Waals surface area contributed by atoms with Crippen molar-refractivity contribution < 1.29 is 22.4 Å². The molecule has 0 atom stereocenters. The second-order valence-corrected chi connectivity index (χ2v) is 9.69. The molecular weight excluding hydrogens is 461 g/mol. The van der Waals surface area contributed by atoms with E-state index in [4.69, 9.17) is 14.4 Å². The number of aromatic nitrogens is 2. The summed E-state index contributed by atoms with van der Waals surface area (Å²) in [5.41, 5.74) is 2.03. The Kier molecular flexibility index (Phi) is 7.42. The normalized spacial score (nSPS) is 20.2. The zero-order valence-corrected chi connectivity index (χ0v) is 20.4. The van der Waals surface area contributed by atoms with E-state index in [9.17, 15) is 18.0 Å². The summed E-state index contributed by atoms with van der Waals surface area (Å²) in [5.74, 6) is 0.806. The first kappa shape index (κ1) is 25.1. The van der Waals surface area contributed by atoms with Crippen LogP contribution in [0.2, 0.25) is 0 Å². The lowest BCUT2D eigenvalue weighted by atomic mass is 9.86. The molecule has 0 unspecified atom stereocenters. The second-order valence-electron chi connectivity index (χ2n) is 9.69. The van der Waals surface area contributed by atoms with Gasteiger partial charge < -0.3 is 25.3 Å². The van der Waals surface area contributed by atoms with Crippen LogP contribution in [0.4, 0.5) is 35.4 Å². The maximum Gasteiger partial charge on any atom is 0.451 e. The fourth-order valence-electron chi connectivity index (χ4n) is 4.92. The predicted molar refractivity (Wildman–Crippen MR) is 128 cm³/mol. The number of carbonyl (C=O) groups is 1. The van der Waals surface area contributed by atoms with Crippen molar-refractivity contribution in [1.29, 1.82) is 0 Å². The fraction of sp³-hybridized carbons (Fsp3) is 0.625. The summed E-state index contributed by atoms with van der Waals surface area (Å²) >= 11 is 0. The van der Waals surface area contributed by atoms with Gasteiger partial charge in [0.1, 0.15) is 11.6 Å². The molecule has 4 rings (SSSR count). The van der Waals surface area contributed by atoms with Crippen molar-refractivity contribution in [3.8, 4) is 0 Å². The molecule has 2 amide bonds. The number of aryl methyl sites for hydroxylation is 2. The van der Waals surface area contributed by atoms with Crippen LogP contribution in [-0.2, 0) is 19.0 Å². The summed E-state index contributed by atoms with van der Waals surface area (Å²) in [4.78, 5) is 23.8. The third-order valence-corrected chi connectivity index (χ3v) is 6.68. The number of rotatable bonds is 6. The molecule has 2 aliphatic carbocycles. The molecule has 35 heavy (non-hydrogen) atoms. The quantitative estimate of drug-likeness (QED) is 0.515. The maximum atomic E-state index is 13.0. The summed E-state index contributed by atoms with van der Waals surface area (Å²) in [6, 6.07) is 0.749. The number of halogens is 3. The topological polar surface area (TPSA) is 95.3 Å². The summed E-state index contributed by atoms with van der Waals surface area (Å²) in [6.45, 7) is 1.80. The number of alkyl halides is 3. The van der Waals surface area contributed by atoms with Crippen molar-refractivity contribution in [1.82, 2.24) is 15.3 Å². The SMILES string of the molecule is Cc1cc(NC(=O)NC[C@H]2CC[C@@H](Nc3nc4c(c(N(C)C)n3)CCCC4)CC2)c(C(F)(F)F)o1. The average Bonchev–Trinajstić information content (AvgIpc) is 3.18. The first-order valence-corrected chi connectivity index (χ1v) is 12.2. The molecule has 2 aliphatic rings. The highest BCUT2D eigenvalue weighted by atomic mass is 19.4. The highest BCUT2D eigenvalue weighted by Gasteiger charge is 2.38. The maximum absolute atomic E-state index is 13.0. The van der Waals surface area contributed by atoms with E-state index in [1.165, 1.54) is 25.0 Å². The highest BCUT2D eigenvalue weighted by Crippen LogP contribution is 2.37. The van der Waals surface area contributed by atoms with Crippen LogP contribution in [0.5, 0.6) is 0 Å². The van der Waals surface area contributed by atoms with Crippen molar-refractivity contribution >= 4 is 23.5 Å². The molecule has 192 valence electrons. The zero-order valence-electron chi connectivity index (χ0n) is 20.4. The van der Waals surface area contributed by atoms with Gasteiger partial charge in [-0.25, -0.2) is 9.78 Å². The Hall–Kier alpha value is -2.98. The minimum Gasteiger partial charge on any atom is -0.455 e. The monoisotopic (exact) mass is 494 g/mol. The molecule has 1 saturated carbocycles. The smallest absolute Gasteiger partial charge is 0.451 e. The van der Waals surface area contributed by atoms with Gasteiger partial charge in [-0.05, 0) is 64.2 Å². The number of furan rings is 1. The van der Waals surface area contributed by atoms with Crippen LogP contribution in [0.15, 0.2) is 10.5 Å². The number of carbonyl (C=O) groups excluding carboxylic acids is 1. The van der Waals surface area contributed by atoms with Crippen LogP contribution in [0.25, 0.3) is 0 Å². The summed E-state index contributed by atoms with van der Waals surface area (Å²) < 4.78 is 43.8. The molecule has 0 radical (unpaired) electrons. The summed E-state index contributed by atoms with van der Waals surface area (Å²) in [5, 5.41) is 8.46. The largest absolute Gasteiger partial charge is 0.455 e. The second kappa shape index (κ2) is 10.3. The van der Waals surface area contributed by atoms with E-state index in [1.807, 2.05) is 19.0 Å². The molecule has 3 N–H and O–H groups in total. The number of urea groups is 1. The number of hydrogen-bond acceptors (Lipinski definition) is 6. The Bertz CT molecular complexity index is 1040. The lowest BCUT2D eigenvalue weighted by Crippen LogP contribution is -2.36. The first-order chi connectivity index (χ1) is 16.6. The molecule has 0 spiro atoms. The van der Waals surface area contributed by atoms with E-state index in [0.29, 0.717) is 12.5 Å². The first-order valence-electron chi connectivity index (χ1n) is 12.2. The van der Waals surface area contributed by atoms with Gasteiger partial charge in [-0.3, -0.25) is 0 Å². The molecule has 11 heteroatoms. The predicted octanol–water partition coefficient (Wildman–Crippen LogP) is 5.13. The average molecular weight is 495 g/mol. The molecule has 0 aliphatic heterocycles. The summed E-state index contributed by atoms with van der Waals surface area (Å²) in [6.07, 6.45) is 3.26. The molecule has 2 aromatic rings. The summed E-state index contributed by atoms with van der Waals surface area (Å²) in [7, 11) is 4.01. The van der Waals surface area contributed by atoms with E-state index in [1.54, 1.807) is 0 Å². The van der Waals surface area contributed by atoms with Crippen LogP contribution >= 0.6 is 0 Å². The number of anilines is 3. The zero-order chi connectivity index (χ0) is 25.2. The fourth-order valence-corrected chi connectivity index (χ4v) is 4.92. The van der Waals surface area contributed by atoms with Gasteiger partial charge in [0.2, 0.25) is 11.7 Å². The third kappa shape index (κ3) is 6.18. The van der Waals surface area contributed by atoms with E-state index in [-0.39, 0.29) is 23.4 Å². The van der Waals surface area contributed by atoms with Gasteiger partial charge in [-0.2, -0.15) is 18.2 Å². The number of amides is 2. The lowest BCUT2D eigenvalue weighted by Gasteiger charge is -2.30. The Labute approximate surface area is 203 Å². The van der Waals surface area contributed by atoms with Crippen LogP contribution in [-0.4, -0.2) is 42.7 Å². The van der Waals surface area contributed by atoms with Crippen molar-refractivity contribution in [3.05, 3.63) is 28.8 Å². The van der Waals surface area contributed by atoms with Gasteiger partial charge in [0, 0.05) is 38.3 Å². The molecule has 2 aromatic heterocycles. The van der Waals surface area contributed by atoms with E-state index in [2.05, 4.69) is 16.0 Å². The number of nitrogens with zero attached hydrogens (tertiary/aromatic N) is 3. The van der Waals surface area contributed by atoms with Crippen LogP contribution in [0.3, 0.4) is 0 Å². The Balaban J connectivity index is 1.26. The molecule has 1 fully saturated rings. The molecule has 0 bridgehead atoms.